The zero-order valence-electron chi connectivity index (χ0n) is 14.4. The van der Waals surface area contributed by atoms with Crippen molar-refractivity contribution in [2.75, 3.05) is 11.9 Å². The van der Waals surface area contributed by atoms with Crippen LogP contribution in [0.2, 0.25) is 0 Å². The van der Waals surface area contributed by atoms with E-state index in [4.69, 9.17) is 4.74 Å². The van der Waals surface area contributed by atoms with Crippen molar-refractivity contribution < 1.29 is 14.3 Å². The quantitative estimate of drug-likeness (QED) is 0.669. The third kappa shape index (κ3) is 4.57. The molecule has 1 N–H and O–H groups in total. The van der Waals surface area contributed by atoms with E-state index in [-0.39, 0.29) is 18.3 Å². The van der Waals surface area contributed by atoms with Crippen LogP contribution in [0.3, 0.4) is 0 Å². The lowest BCUT2D eigenvalue weighted by Gasteiger charge is -2.08. The summed E-state index contributed by atoms with van der Waals surface area (Å²) < 4.78 is 5.52. The number of amides is 1. The summed E-state index contributed by atoms with van der Waals surface area (Å²) in [5, 5.41) is 2.83. The van der Waals surface area contributed by atoms with Crippen molar-refractivity contribution in [3.63, 3.8) is 0 Å². The van der Waals surface area contributed by atoms with Crippen molar-refractivity contribution in [2.45, 2.75) is 6.92 Å². The highest BCUT2D eigenvalue weighted by atomic mass is 16.5. The van der Waals surface area contributed by atoms with Gasteiger partial charge in [0.25, 0.3) is 5.91 Å². The van der Waals surface area contributed by atoms with Crippen LogP contribution in [-0.4, -0.2) is 18.3 Å². The molecule has 3 aromatic rings. The van der Waals surface area contributed by atoms with Gasteiger partial charge in [0.1, 0.15) is 5.75 Å². The van der Waals surface area contributed by atoms with Gasteiger partial charge in [0.15, 0.2) is 12.4 Å². The number of ketones is 1. The van der Waals surface area contributed by atoms with Gasteiger partial charge in [-0.25, -0.2) is 0 Å². The summed E-state index contributed by atoms with van der Waals surface area (Å²) in [4.78, 5) is 24.2. The molecule has 0 aromatic heterocycles. The van der Waals surface area contributed by atoms with Gasteiger partial charge in [-0.2, -0.15) is 0 Å². The summed E-state index contributed by atoms with van der Waals surface area (Å²) in [5.74, 6) is 0.322. The monoisotopic (exact) mass is 345 g/mol. The molecule has 0 aliphatic heterocycles. The predicted octanol–water partition coefficient (Wildman–Crippen LogP) is 4.51. The number of anilines is 1. The van der Waals surface area contributed by atoms with Gasteiger partial charge in [0.05, 0.1) is 0 Å². The highest BCUT2D eigenvalue weighted by Gasteiger charge is 2.08. The summed E-state index contributed by atoms with van der Waals surface area (Å²) in [6.07, 6.45) is 0. The Hall–Kier alpha value is -3.40. The first-order chi connectivity index (χ1) is 12.6. The van der Waals surface area contributed by atoms with Crippen LogP contribution in [0.4, 0.5) is 5.69 Å². The van der Waals surface area contributed by atoms with E-state index in [0.29, 0.717) is 22.6 Å². The molecule has 130 valence electrons. The number of nitrogens with one attached hydrogen (secondary N) is 1. The van der Waals surface area contributed by atoms with Gasteiger partial charge in [0.2, 0.25) is 0 Å². The third-order valence-electron chi connectivity index (χ3n) is 3.89. The van der Waals surface area contributed by atoms with E-state index in [1.54, 1.807) is 48.5 Å². The average molecular weight is 345 g/mol. The smallest absolute Gasteiger partial charge is 0.255 e. The topological polar surface area (TPSA) is 55.4 Å². The van der Waals surface area contributed by atoms with Crippen molar-refractivity contribution in [2.24, 2.45) is 0 Å². The fourth-order valence-electron chi connectivity index (χ4n) is 2.40. The van der Waals surface area contributed by atoms with Gasteiger partial charge in [-0.05, 0) is 43.3 Å². The minimum Gasteiger partial charge on any atom is -0.485 e. The Morgan fingerprint density at radius 3 is 2.12 bits per heavy atom. The zero-order chi connectivity index (χ0) is 18.4. The molecule has 26 heavy (non-hydrogen) atoms. The van der Waals surface area contributed by atoms with Gasteiger partial charge in [-0.3, -0.25) is 9.59 Å². The van der Waals surface area contributed by atoms with E-state index in [0.717, 1.165) is 5.56 Å². The molecule has 0 fully saturated rings. The van der Waals surface area contributed by atoms with Gasteiger partial charge < -0.3 is 10.1 Å². The van der Waals surface area contributed by atoms with Crippen LogP contribution in [0.1, 0.15) is 26.3 Å². The lowest BCUT2D eigenvalue weighted by atomic mass is 10.1. The van der Waals surface area contributed by atoms with Crippen LogP contribution in [-0.2, 0) is 0 Å². The van der Waals surface area contributed by atoms with Crippen LogP contribution in [0, 0.1) is 6.92 Å². The summed E-state index contributed by atoms with van der Waals surface area (Å²) in [5.41, 5.74) is 2.99. The van der Waals surface area contributed by atoms with Crippen molar-refractivity contribution >= 4 is 17.4 Å². The molecule has 3 aromatic carbocycles. The molecule has 0 bridgehead atoms. The fourth-order valence-corrected chi connectivity index (χ4v) is 2.40. The van der Waals surface area contributed by atoms with E-state index >= 15 is 0 Å². The first kappa shape index (κ1) is 17.4. The summed E-state index contributed by atoms with van der Waals surface area (Å²) in [6, 6.07) is 23.3. The van der Waals surface area contributed by atoms with E-state index in [2.05, 4.69) is 5.32 Å². The molecule has 0 spiro atoms. The normalized spacial score (nSPS) is 10.2. The number of hydrogen-bond acceptors (Lipinski definition) is 3. The summed E-state index contributed by atoms with van der Waals surface area (Å²) in [7, 11) is 0. The third-order valence-corrected chi connectivity index (χ3v) is 3.89. The second-order valence-corrected chi connectivity index (χ2v) is 5.92. The standard InChI is InChI=1S/C22H19NO3/c1-16-7-9-18(10-8-16)22(25)23-19-11-13-20(14-12-19)26-15-21(24)17-5-3-2-4-6-17/h2-14H,15H2,1H3,(H,23,25). The van der Waals surface area contributed by atoms with Crippen LogP contribution >= 0.6 is 0 Å². The maximum absolute atomic E-state index is 12.2. The average Bonchev–Trinajstić information content (AvgIpc) is 2.68. The van der Waals surface area contributed by atoms with Gasteiger partial charge in [-0.15, -0.1) is 0 Å². The molecular formula is C22H19NO3. The molecule has 4 nitrogen and oxygen atoms in total. The molecule has 0 aliphatic rings. The minimum absolute atomic E-state index is 0.0287. The Balaban J connectivity index is 1.55. The molecule has 0 saturated carbocycles. The van der Waals surface area contributed by atoms with Crippen LogP contribution in [0.5, 0.6) is 5.75 Å². The van der Waals surface area contributed by atoms with Crippen LogP contribution in [0.25, 0.3) is 0 Å². The van der Waals surface area contributed by atoms with Crippen molar-refractivity contribution in [1.82, 2.24) is 0 Å². The predicted molar refractivity (Wildman–Crippen MR) is 102 cm³/mol. The van der Waals surface area contributed by atoms with Crippen molar-refractivity contribution in [3.8, 4) is 5.75 Å². The lowest BCUT2D eigenvalue weighted by Crippen LogP contribution is -2.12. The molecule has 0 aliphatic carbocycles. The molecule has 4 heteroatoms. The number of benzene rings is 3. The first-order valence-electron chi connectivity index (χ1n) is 8.31. The lowest BCUT2D eigenvalue weighted by molar-refractivity contribution is 0.0921. The Kier molecular flexibility index (Phi) is 5.44. The van der Waals surface area contributed by atoms with Crippen LogP contribution in [0.15, 0.2) is 78.9 Å². The Morgan fingerprint density at radius 2 is 1.46 bits per heavy atom. The van der Waals surface area contributed by atoms with E-state index in [9.17, 15) is 9.59 Å². The largest absolute Gasteiger partial charge is 0.485 e. The van der Waals surface area contributed by atoms with Gasteiger partial charge in [-0.1, -0.05) is 48.0 Å². The number of hydrogen-bond donors (Lipinski definition) is 1. The Bertz CT molecular complexity index is 885. The molecule has 3 rings (SSSR count). The van der Waals surface area contributed by atoms with E-state index in [1.165, 1.54) is 0 Å². The second-order valence-electron chi connectivity index (χ2n) is 5.92. The molecule has 0 saturated heterocycles. The number of aryl methyl sites for hydroxylation is 1. The molecule has 0 atom stereocenters. The second kappa shape index (κ2) is 8.12. The highest BCUT2D eigenvalue weighted by molar-refractivity contribution is 6.04. The highest BCUT2D eigenvalue weighted by Crippen LogP contribution is 2.17. The Labute approximate surface area is 152 Å². The first-order valence-corrected chi connectivity index (χ1v) is 8.31. The van der Waals surface area contributed by atoms with E-state index in [1.807, 2.05) is 37.3 Å². The van der Waals surface area contributed by atoms with Crippen molar-refractivity contribution in [3.05, 3.63) is 95.6 Å². The minimum atomic E-state index is -0.169. The number of carbonyl (C=O) groups is 2. The molecule has 0 heterocycles. The maximum atomic E-state index is 12.2. The fraction of sp³-hybridized carbons (Fsp3) is 0.0909. The summed E-state index contributed by atoms with van der Waals surface area (Å²) >= 11 is 0. The molecule has 0 unspecified atom stereocenters. The van der Waals surface area contributed by atoms with E-state index < -0.39 is 0 Å². The number of carbonyl (C=O) groups excluding carboxylic acids is 2. The zero-order valence-corrected chi connectivity index (χ0v) is 14.4. The van der Waals surface area contributed by atoms with Crippen LogP contribution < -0.4 is 10.1 Å². The Morgan fingerprint density at radius 1 is 0.808 bits per heavy atom. The van der Waals surface area contributed by atoms with Gasteiger partial charge >= 0.3 is 0 Å². The number of rotatable bonds is 6. The molecular weight excluding hydrogens is 326 g/mol. The van der Waals surface area contributed by atoms with Gasteiger partial charge in [0, 0.05) is 16.8 Å². The SMILES string of the molecule is Cc1ccc(C(=O)Nc2ccc(OCC(=O)c3ccccc3)cc2)cc1. The summed E-state index contributed by atoms with van der Waals surface area (Å²) in [6.45, 7) is 1.95. The number of Topliss-reactive ketones (excluding diaryl/α,β-unsaturated/α-hetero) is 1. The maximum Gasteiger partial charge on any atom is 0.255 e. The van der Waals surface area contributed by atoms with Crippen molar-refractivity contribution in [1.29, 1.82) is 0 Å². The number of ether oxygens (including phenoxy) is 1. The molecule has 0 radical (unpaired) electrons. The molecule has 1 amide bonds.